The molecule has 0 unspecified atom stereocenters. The SMILES string of the molecule is C=C1NC=NC(CCc2ccc(C#Cc3ccc(C(=O)O)cc3)cc2)=C1O. The second-order valence-corrected chi connectivity index (χ2v) is 6.01. The Balaban J connectivity index is 1.62. The lowest BCUT2D eigenvalue weighted by Crippen LogP contribution is -2.17. The second-order valence-electron chi connectivity index (χ2n) is 6.01. The molecule has 1 heterocycles. The number of nitrogens with one attached hydrogen (secondary N) is 1. The molecule has 0 saturated carbocycles. The summed E-state index contributed by atoms with van der Waals surface area (Å²) >= 11 is 0. The lowest BCUT2D eigenvalue weighted by molar-refractivity contribution is 0.0697. The minimum absolute atomic E-state index is 0.105. The van der Waals surface area contributed by atoms with Gasteiger partial charge in [0.1, 0.15) is 0 Å². The van der Waals surface area contributed by atoms with Gasteiger partial charge in [0, 0.05) is 11.1 Å². The average Bonchev–Trinajstić information content (AvgIpc) is 2.68. The normalized spacial score (nSPS) is 13.0. The molecule has 2 aromatic carbocycles. The zero-order valence-electron chi connectivity index (χ0n) is 14.6. The molecule has 3 N–H and O–H groups in total. The Labute approximate surface area is 157 Å². The molecule has 27 heavy (non-hydrogen) atoms. The number of rotatable bonds is 4. The highest BCUT2D eigenvalue weighted by molar-refractivity contribution is 5.87. The number of carbonyl (C=O) groups is 1. The van der Waals surface area contributed by atoms with Gasteiger partial charge in [-0.1, -0.05) is 30.6 Å². The first-order chi connectivity index (χ1) is 13.0. The predicted octanol–water partition coefficient (Wildman–Crippen LogP) is 3.63. The van der Waals surface area contributed by atoms with Gasteiger partial charge in [-0.05, 0) is 54.8 Å². The van der Waals surface area contributed by atoms with E-state index in [2.05, 4.69) is 28.7 Å². The Morgan fingerprint density at radius 3 is 2.19 bits per heavy atom. The molecule has 0 aliphatic carbocycles. The van der Waals surface area contributed by atoms with Crippen LogP contribution >= 0.6 is 0 Å². The number of hydrogen-bond acceptors (Lipinski definition) is 4. The van der Waals surface area contributed by atoms with Crippen LogP contribution in [-0.4, -0.2) is 22.5 Å². The minimum atomic E-state index is -0.950. The number of benzene rings is 2. The van der Waals surface area contributed by atoms with Gasteiger partial charge in [0.25, 0.3) is 0 Å². The van der Waals surface area contributed by atoms with Crippen LogP contribution in [0.15, 0.2) is 77.3 Å². The molecule has 0 radical (unpaired) electrons. The zero-order chi connectivity index (χ0) is 19.2. The highest BCUT2D eigenvalue weighted by Crippen LogP contribution is 2.18. The van der Waals surface area contributed by atoms with Gasteiger partial charge in [0.2, 0.25) is 0 Å². The monoisotopic (exact) mass is 358 g/mol. The van der Waals surface area contributed by atoms with Crippen molar-refractivity contribution in [3.8, 4) is 11.8 Å². The molecular weight excluding hydrogens is 340 g/mol. The van der Waals surface area contributed by atoms with Crippen LogP contribution in [0, 0.1) is 11.8 Å². The van der Waals surface area contributed by atoms with Gasteiger partial charge in [-0.3, -0.25) is 0 Å². The molecule has 0 spiro atoms. The fraction of sp³-hybridized carbons (Fsp3) is 0.0909. The van der Waals surface area contributed by atoms with Crippen molar-refractivity contribution < 1.29 is 15.0 Å². The van der Waals surface area contributed by atoms with Crippen LogP contribution in [0.3, 0.4) is 0 Å². The van der Waals surface area contributed by atoms with Gasteiger partial charge in [0.15, 0.2) is 5.76 Å². The summed E-state index contributed by atoms with van der Waals surface area (Å²) in [6, 6.07) is 14.3. The van der Waals surface area contributed by atoms with E-state index in [0.29, 0.717) is 17.8 Å². The van der Waals surface area contributed by atoms with Crippen LogP contribution in [-0.2, 0) is 6.42 Å². The Hall–Kier alpha value is -3.78. The number of hydrogen-bond donors (Lipinski definition) is 3. The van der Waals surface area contributed by atoms with E-state index in [1.165, 1.54) is 18.5 Å². The molecule has 0 fully saturated rings. The highest BCUT2D eigenvalue weighted by Gasteiger charge is 2.11. The number of allylic oxidation sites excluding steroid dienone is 1. The molecule has 2 aromatic rings. The molecule has 0 amide bonds. The predicted molar refractivity (Wildman–Crippen MR) is 105 cm³/mol. The number of aliphatic imine (C=N–C) groups is 1. The van der Waals surface area contributed by atoms with Gasteiger partial charge >= 0.3 is 5.97 Å². The van der Waals surface area contributed by atoms with Gasteiger partial charge in [-0.25, -0.2) is 9.79 Å². The smallest absolute Gasteiger partial charge is 0.335 e. The molecule has 134 valence electrons. The van der Waals surface area contributed by atoms with E-state index in [1.54, 1.807) is 12.1 Å². The summed E-state index contributed by atoms with van der Waals surface area (Å²) < 4.78 is 0. The third kappa shape index (κ3) is 4.65. The quantitative estimate of drug-likeness (QED) is 0.729. The molecule has 1 aliphatic rings. The Morgan fingerprint density at radius 1 is 1.00 bits per heavy atom. The summed E-state index contributed by atoms with van der Waals surface area (Å²) in [4.78, 5) is 15.0. The molecule has 0 aromatic heterocycles. The summed E-state index contributed by atoms with van der Waals surface area (Å²) in [6.07, 6.45) is 2.89. The maximum absolute atomic E-state index is 10.8. The number of aryl methyl sites for hydroxylation is 1. The van der Waals surface area contributed by atoms with Crippen molar-refractivity contribution in [2.75, 3.05) is 0 Å². The average molecular weight is 358 g/mol. The third-order valence-corrected chi connectivity index (χ3v) is 4.11. The number of aliphatic hydroxyl groups is 1. The van der Waals surface area contributed by atoms with E-state index in [9.17, 15) is 9.90 Å². The van der Waals surface area contributed by atoms with Gasteiger partial charge in [-0.2, -0.15) is 0 Å². The molecule has 0 saturated heterocycles. The molecule has 0 bridgehead atoms. The number of nitrogens with zero attached hydrogens (tertiary/aromatic N) is 1. The Morgan fingerprint density at radius 2 is 1.59 bits per heavy atom. The van der Waals surface area contributed by atoms with Crippen molar-refractivity contribution in [2.24, 2.45) is 4.99 Å². The lowest BCUT2D eigenvalue weighted by Gasteiger charge is -2.13. The fourth-order valence-electron chi connectivity index (χ4n) is 2.53. The Kier molecular flexibility index (Phi) is 5.38. The first-order valence-corrected chi connectivity index (χ1v) is 8.38. The molecule has 1 aliphatic heterocycles. The van der Waals surface area contributed by atoms with Gasteiger partial charge in [-0.15, -0.1) is 0 Å². The van der Waals surface area contributed by atoms with Crippen LogP contribution < -0.4 is 5.32 Å². The number of aliphatic hydroxyl groups excluding tert-OH is 1. The summed E-state index contributed by atoms with van der Waals surface area (Å²) in [5, 5.41) is 21.6. The van der Waals surface area contributed by atoms with Crippen molar-refractivity contribution in [2.45, 2.75) is 12.8 Å². The molecule has 0 atom stereocenters. The topological polar surface area (TPSA) is 81.9 Å². The van der Waals surface area contributed by atoms with E-state index >= 15 is 0 Å². The van der Waals surface area contributed by atoms with E-state index < -0.39 is 5.97 Å². The fourth-order valence-corrected chi connectivity index (χ4v) is 2.53. The molecule has 5 nitrogen and oxygen atoms in total. The van der Waals surface area contributed by atoms with Crippen LogP contribution in [0.5, 0.6) is 0 Å². The standard InChI is InChI=1S/C22H18N2O3/c1-15-21(25)20(24-14-23-15)13-10-17-5-2-16(3-6-17)4-7-18-8-11-19(12-9-18)22(26)27/h2-3,5-6,8-9,11-12,14,25H,1,10,13H2,(H,23,24)(H,26,27). The first kappa shape index (κ1) is 18.0. The zero-order valence-corrected chi connectivity index (χ0v) is 14.6. The first-order valence-electron chi connectivity index (χ1n) is 8.38. The number of carboxylic acids is 1. The summed E-state index contributed by atoms with van der Waals surface area (Å²) in [6.45, 7) is 3.72. The van der Waals surface area contributed by atoms with Gasteiger partial charge in [0.05, 0.1) is 23.3 Å². The van der Waals surface area contributed by atoms with Crippen LogP contribution in [0.4, 0.5) is 0 Å². The van der Waals surface area contributed by atoms with E-state index in [0.717, 1.165) is 23.1 Å². The molecular formula is C22H18N2O3. The van der Waals surface area contributed by atoms with Gasteiger partial charge < -0.3 is 15.5 Å². The van der Waals surface area contributed by atoms with Crippen molar-refractivity contribution in [1.82, 2.24) is 5.32 Å². The second kappa shape index (κ2) is 8.07. The van der Waals surface area contributed by atoms with E-state index in [1.807, 2.05) is 24.3 Å². The number of carboxylic acid groups (broad SMARTS) is 1. The van der Waals surface area contributed by atoms with E-state index in [4.69, 9.17) is 5.11 Å². The molecule has 3 rings (SSSR count). The van der Waals surface area contributed by atoms with Crippen LogP contribution in [0.25, 0.3) is 0 Å². The maximum atomic E-state index is 10.8. The highest BCUT2D eigenvalue weighted by atomic mass is 16.4. The van der Waals surface area contributed by atoms with E-state index in [-0.39, 0.29) is 11.3 Å². The summed E-state index contributed by atoms with van der Waals surface area (Å²) in [5.74, 6) is 5.24. The molecule has 5 heteroatoms. The summed E-state index contributed by atoms with van der Waals surface area (Å²) in [5.41, 5.74) is 4.07. The largest absolute Gasteiger partial charge is 0.504 e. The Bertz CT molecular complexity index is 989. The minimum Gasteiger partial charge on any atom is -0.504 e. The third-order valence-electron chi connectivity index (χ3n) is 4.11. The summed E-state index contributed by atoms with van der Waals surface area (Å²) in [7, 11) is 0. The van der Waals surface area contributed by atoms with Crippen molar-refractivity contribution in [1.29, 1.82) is 0 Å². The lowest BCUT2D eigenvalue weighted by atomic mass is 10.0. The van der Waals surface area contributed by atoms with Crippen molar-refractivity contribution in [3.63, 3.8) is 0 Å². The van der Waals surface area contributed by atoms with Crippen molar-refractivity contribution in [3.05, 3.63) is 94.5 Å². The maximum Gasteiger partial charge on any atom is 0.335 e. The van der Waals surface area contributed by atoms with Crippen LogP contribution in [0.1, 0.15) is 33.5 Å². The van der Waals surface area contributed by atoms with Crippen molar-refractivity contribution >= 4 is 12.3 Å². The number of aromatic carboxylic acids is 1. The van der Waals surface area contributed by atoms with Crippen LogP contribution in [0.2, 0.25) is 0 Å².